The number of benzene rings is 1. The van der Waals surface area contributed by atoms with Crippen LogP contribution in [-0.4, -0.2) is 30.0 Å². The number of hydrogen-bond acceptors (Lipinski definition) is 5. The van der Waals surface area contributed by atoms with E-state index < -0.39 is 0 Å². The number of rotatable bonds is 5. The molecular weight excluding hydrogens is 244 g/mol. The van der Waals surface area contributed by atoms with Gasteiger partial charge in [0.25, 0.3) is 0 Å². The summed E-state index contributed by atoms with van der Waals surface area (Å²) < 4.78 is 10.3. The Morgan fingerprint density at radius 2 is 1.89 bits per heavy atom. The molecule has 98 valence electrons. The summed E-state index contributed by atoms with van der Waals surface area (Å²) in [5.41, 5.74) is 0.467. The Hall–Kier alpha value is -2.43. The third kappa shape index (κ3) is 3.07. The van der Waals surface area contributed by atoms with Crippen molar-refractivity contribution in [2.75, 3.05) is 14.2 Å². The van der Waals surface area contributed by atoms with Crippen LogP contribution in [0.3, 0.4) is 0 Å². The second-order valence-corrected chi connectivity index (χ2v) is 3.83. The van der Waals surface area contributed by atoms with Gasteiger partial charge in [0.15, 0.2) is 5.78 Å². The fourth-order valence-electron chi connectivity index (χ4n) is 1.69. The second-order valence-electron chi connectivity index (χ2n) is 3.83. The van der Waals surface area contributed by atoms with Gasteiger partial charge in [-0.1, -0.05) is 0 Å². The molecule has 19 heavy (non-hydrogen) atoms. The summed E-state index contributed by atoms with van der Waals surface area (Å²) >= 11 is 0. The molecule has 0 aliphatic heterocycles. The lowest BCUT2D eigenvalue weighted by Crippen LogP contribution is -2.08. The van der Waals surface area contributed by atoms with Crippen molar-refractivity contribution >= 4 is 5.78 Å². The number of nitrogens with zero attached hydrogens (tertiary/aromatic N) is 2. The van der Waals surface area contributed by atoms with Crippen molar-refractivity contribution in [3.05, 3.63) is 48.0 Å². The maximum atomic E-state index is 12.2. The van der Waals surface area contributed by atoms with E-state index in [0.717, 1.165) is 0 Å². The third-order valence-corrected chi connectivity index (χ3v) is 2.64. The van der Waals surface area contributed by atoms with Crippen LogP contribution in [0.2, 0.25) is 0 Å². The first-order valence-corrected chi connectivity index (χ1v) is 5.75. The molecule has 0 aliphatic carbocycles. The average molecular weight is 258 g/mol. The summed E-state index contributed by atoms with van der Waals surface area (Å²) in [6.45, 7) is 0. The standard InChI is InChI=1S/C14H14N2O3/c1-18-10-4-5-13(19-2)11(8-10)12(17)9-14-15-6-3-7-16-14/h3-8H,9H2,1-2H3. The molecule has 0 bridgehead atoms. The van der Waals surface area contributed by atoms with E-state index in [1.54, 1.807) is 43.8 Å². The van der Waals surface area contributed by atoms with Crippen LogP contribution in [0.15, 0.2) is 36.7 Å². The highest BCUT2D eigenvalue weighted by Gasteiger charge is 2.15. The smallest absolute Gasteiger partial charge is 0.174 e. The van der Waals surface area contributed by atoms with E-state index >= 15 is 0 Å². The lowest BCUT2D eigenvalue weighted by atomic mass is 10.1. The topological polar surface area (TPSA) is 61.3 Å². The number of ether oxygens (including phenoxy) is 2. The molecule has 1 aromatic heterocycles. The number of Topliss-reactive ketones (excluding diaryl/α,β-unsaturated/α-hetero) is 1. The monoisotopic (exact) mass is 258 g/mol. The van der Waals surface area contributed by atoms with E-state index in [9.17, 15) is 4.79 Å². The van der Waals surface area contributed by atoms with Crippen LogP contribution < -0.4 is 9.47 Å². The molecule has 0 N–H and O–H groups in total. The van der Waals surface area contributed by atoms with Gasteiger partial charge < -0.3 is 9.47 Å². The van der Waals surface area contributed by atoms with E-state index in [1.807, 2.05) is 0 Å². The number of carbonyl (C=O) groups excluding carboxylic acids is 1. The Morgan fingerprint density at radius 1 is 1.16 bits per heavy atom. The Labute approximate surface area is 111 Å². The summed E-state index contributed by atoms with van der Waals surface area (Å²) in [6.07, 6.45) is 3.35. The van der Waals surface area contributed by atoms with Crippen molar-refractivity contribution < 1.29 is 14.3 Å². The molecule has 0 fully saturated rings. The van der Waals surface area contributed by atoms with Crippen molar-refractivity contribution in [1.29, 1.82) is 0 Å². The molecule has 1 heterocycles. The summed E-state index contributed by atoms with van der Waals surface area (Å²) in [5.74, 6) is 1.50. The molecule has 0 atom stereocenters. The van der Waals surface area contributed by atoms with Crippen LogP contribution in [0.4, 0.5) is 0 Å². The molecule has 0 aliphatic rings. The van der Waals surface area contributed by atoms with Crippen LogP contribution in [0.25, 0.3) is 0 Å². The SMILES string of the molecule is COc1ccc(OC)c(C(=O)Cc2ncccn2)c1. The van der Waals surface area contributed by atoms with Gasteiger partial charge in [0.05, 0.1) is 26.2 Å². The van der Waals surface area contributed by atoms with Gasteiger partial charge in [0.2, 0.25) is 0 Å². The van der Waals surface area contributed by atoms with E-state index in [4.69, 9.17) is 9.47 Å². The first kappa shape index (κ1) is 13.0. The van der Waals surface area contributed by atoms with Crippen LogP contribution in [0.1, 0.15) is 16.2 Å². The maximum Gasteiger partial charge on any atom is 0.174 e. The number of methoxy groups -OCH3 is 2. The highest BCUT2D eigenvalue weighted by Crippen LogP contribution is 2.24. The van der Waals surface area contributed by atoms with Crippen molar-refractivity contribution in [2.24, 2.45) is 0 Å². The first-order chi connectivity index (χ1) is 9.24. The lowest BCUT2D eigenvalue weighted by molar-refractivity contribution is 0.0987. The molecule has 5 heteroatoms. The Kier molecular flexibility index (Phi) is 4.07. The van der Waals surface area contributed by atoms with Crippen molar-refractivity contribution in [1.82, 2.24) is 9.97 Å². The zero-order valence-electron chi connectivity index (χ0n) is 10.8. The molecule has 0 unspecified atom stereocenters. The minimum absolute atomic E-state index is 0.109. The van der Waals surface area contributed by atoms with Crippen molar-refractivity contribution in [3.63, 3.8) is 0 Å². The van der Waals surface area contributed by atoms with Gasteiger partial charge in [0.1, 0.15) is 17.3 Å². The molecular formula is C14H14N2O3. The quantitative estimate of drug-likeness (QED) is 0.767. The number of aromatic nitrogens is 2. The zero-order valence-corrected chi connectivity index (χ0v) is 10.8. The molecule has 0 amide bonds. The largest absolute Gasteiger partial charge is 0.497 e. The number of carbonyl (C=O) groups is 1. The molecule has 2 aromatic rings. The van der Waals surface area contributed by atoms with Gasteiger partial charge in [-0.05, 0) is 24.3 Å². The van der Waals surface area contributed by atoms with Gasteiger partial charge in [-0.3, -0.25) is 4.79 Å². The Morgan fingerprint density at radius 3 is 2.53 bits per heavy atom. The van der Waals surface area contributed by atoms with Crippen LogP contribution >= 0.6 is 0 Å². The van der Waals surface area contributed by atoms with Crippen molar-refractivity contribution in [3.8, 4) is 11.5 Å². The van der Waals surface area contributed by atoms with Gasteiger partial charge in [-0.2, -0.15) is 0 Å². The van der Waals surface area contributed by atoms with Gasteiger partial charge in [-0.25, -0.2) is 9.97 Å². The number of ketones is 1. The predicted octanol–water partition coefficient (Wildman–Crippen LogP) is 1.92. The minimum Gasteiger partial charge on any atom is -0.497 e. The fourth-order valence-corrected chi connectivity index (χ4v) is 1.69. The average Bonchev–Trinajstić information content (AvgIpc) is 2.47. The summed E-state index contributed by atoms with van der Waals surface area (Å²) in [5, 5.41) is 0. The van der Waals surface area contributed by atoms with Crippen LogP contribution in [-0.2, 0) is 6.42 Å². The van der Waals surface area contributed by atoms with Gasteiger partial charge in [-0.15, -0.1) is 0 Å². The molecule has 0 saturated carbocycles. The Bertz CT molecular complexity index is 570. The van der Waals surface area contributed by atoms with E-state index in [2.05, 4.69) is 9.97 Å². The second kappa shape index (κ2) is 5.95. The molecule has 2 rings (SSSR count). The number of hydrogen-bond donors (Lipinski definition) is 0. The highest BCUT2D eigenvalue weighted by atomic mass is 16.5. The first-order valence-electron chi connectivity index (χ1n) is 5.75. The highest BCUT2D eigenvalue weighted by molar-refractivity contribution is 6.00. The summed E-state index contributed by atoms with van der Waals surface area (Å²) in [6, 6.07) is 6.82. The molecule has 5 nitrogen and oxygen atoms in total. The summed E-state index contributed by atoms with van der Waals surface area (Å²) in [4.78, 5) is 20.3. The molecule has 0 radical (unpaired) electrons. The molecule has 0 saturated heterocycles. The predicted molar refractivity (Wildman–Crippen MR) is 69.6 cm³/mol. The molecule has 1 aromatic carbocycles. The van der Waals surface area contributed by atoms with Crippen LogP contribution in [0.5, 0.6) is 11.5 Å². The van der Waals surface area contributed by atoms with E-state index in [0.29, 0.717) is 22.9 Å². The lowest BCUT2D eigenvalue weighted by Gasteiger charge is -2.09. The minimum atomic E-state index is -0.109. The van der Waals surface area contributed by atoms with E-state index in [-0.39, 0.29) is 12.2 Å². The Balaban J connectivity index is 2.27. The molecule has 0 spiro atoms. The maximum absolute atomic E-state index is 12.2. The van der Waals surface area contributed by atoms with E-state index in [1.165, 1.54) is 7.11 Å². The third-order valence-electron chi connectivity index (χ3n) is 2.64. The normalized spacial score (nSPS) is 10.0. The van der Waals surface area contributed by atoms with Gasteiger partial charge >= 0.3 is 0 Å². The summed E-state index contributed by atoms with van der Waals surface area (Å²) in [7, 11) is 3.08. The van der Waals surface area contributed by atoms with Crippen LogP contribution in [0, 0.1) is 0 Å². The zero-order chi connectivity index (χ0) is 13.7. The van der Waals surface area contributed by atoms with Gasteiger partial charge in [0, 0.05) is 12.4 Å². The van der Waals surface area contributed by atoms with Crippen molar-refractivity contribution in [2.45, 2.75) is 6.42 Å². The fraction of sp³-hybridized carbons (Fsp3) is 0.214.